The number of nitriles is 1. The lowest BCUT2D eigenvalue weighted by Gasteiger charge is -2.11. The summed E-state index contributed by atoms with van der Waals surface area (Å²) in [6, 6.07) is 9.13. The molecule has 0 bridgehead atoms. The highest BCUT2D eigenvalue weighted by atomic mass is 79.9. The number of nitrogens with one attached hydrogen (secondary N) is 1. The zero-order chi connectivity index (χ0) is 20.2. The Labute approximate surface area is 166 Å². The molecule has 0 aromatic heterocycles. The second kappa shape index (κ2) is 8.46. The molecule has 0 aliphatic rings. The molecule has 4 nitrogen and oxygen atoms in total. The van der Waals surface area contributed by atoms with Crippen LogP contribution in [-0.4, -0.2) is 13.0 Å². The van der Waals surface area contributed by atoms with E-state index >= 15 is 0 Å². The van der Waals surface area contributed by atoms with Crippen LogP contribution in [0.1, 0.15) is 11.1 Å². The minimum absolute atomic E-state index is 0.0826. The van der Waals surface area contributed by atoms with Crippen molar-refractivity contribution >= 4 is 45.2 Å². The van der Waals surface area contributed by atoms with Crippen LogP contribution in [0.25, 0.3) is 6.08 Å². The molecular formula is C18H11BrClF3N2O2. The number of methoxy groups -OCH3 is 1. The average molecular weight is 460 g/mol. The van der Waals surface area contributed by atoms with Crippen molar-refractivity contribution in [3.8, 4) is 11.8 Å². The molecule has 140 valence electrons. The maximum Gasteiger partial charge on any atom is 0.416 e. The number of benzene rings is 2. The van der Waals surface area contributed by atoms with Crippen LogP contribution in [0.3, 0.4) is 0 Å². The van der Waals surface area contributed by atoms with E-state index in [9.17, 15) is 23.2 Å². The van der Waals surface area contributed by atoms with Gasteiger partial charge in [-0.2, -0.15) is 18.4 Å². The molecule has 0 spiro atoms. The Morgan fingerprint density at radius 2 is 2.00 bits per heavy atom. The summed E-state index contributed by atoms with van der Waals surface area (Å²) >= 11 is 9.13. The lowest BCUT2D eigenvalue weighted by Crippen LogP contribution is -2.15. The molecule has 0 aliphatic carbocycles. The van der Waals surface area contributed by atoms with Crippen molar-refractivity contribution < 1.29 is 22.7 Å². The lowest BCUT2D eigenvalue weighted by molar-refractivity contribution is -0.137. The maximum absolute atomic E-state index is 12.8. The first-order chi connectivity index (χ1) is 12.7. The van der Waals surface area contributed by atoms with E-state index in [2.05, 4.69) is 21.2 Å². The highest BCUT2D eigenvalue weighted by molar-refractivity contribution is 9.10. The first-order valence-electron chi connectivity index (χ1n) is 7.29. The number of carbonyl (C=O) groups excluding carboxylic acids is 1. The number of hydrogen-bond acceptors (Lipinski definition) is 3. The minimum Gasteiger partial charge on any atom is -0.496 e. The van der Waals surface area contributed by atoms with E-state index in [0.717, 1.165) is 12.1 Å². The molecule has 0 unspecified atom stereocenters. The quantitative estimate of drug-likeness (QED) is 0.473. The van der Waals surface area contributed by atoms with Gasteiger partial charge < -0.3 is 10.1 Å². The van der Waals surface area contributed by atoms with Crippen LogP contribution < -0.4 is 10.1 Å². The molecule has 9 heteroatoms. The molecular weight excluding hydrogens is 449 g/mol. The summed E-state index contributed by atoms with van der Waals surface area (Å²) in [6.07, 6.45) is -3.30. The van der Waals surface area contributed by atoms with E-state index < -0.39 is 17.6 Å². The number of amides is 1. The maximum atomic E-state index is 12.8. The number of anilines is 1. The summed E-state index contributed by atoms with van der Waals surface area (Å²) in [5.41, 5.74) is -0.998. The number of carbonyl (C=O) groups is 1. The zero-order valence-electron chi connectivity index (χ0n) is 13.7. The molecule has 1 amide bonds. The average Bonchev–Trinajstić information content (AvgIpc) is 2.60. The van der Waals surface area contributed by atoms with Crippen LogP contribution in [0.2, 0.25) is 5.02 Å². The fourth-order valence-corrected chi connectivity index (χ4v) is 2.80. The fourth-order valence-electron chi connectivity index (χ4n) is 2.07. The van der Waals surface area contributed by atoms with Gasteiger partial charge in [-0.25, -0.2) is 0 Å². The van der Waals surface area contributed by atoms with Gasteiger partial charge in [0.15, 0.2) is 0 Å². The summed E-state index contributed by atoms with van der Waals surface area (Å²) < 4.78 is 44.1. The van der Waals surface area contributed by atoms with Gasteiger partial charge in [-0.3, -0.25) is 4.79 Å². The second-order valence-corrected chi connectivity index (χ2v) is 6.47. The Balaban J connectivity index is 2.31. The first-order valence-corrected chi connectivity index (χ1v) is 8.46. The van der Waals surface area contributed by atoms with Crippen molar-refractivity contribution in [3.05, 3.63) is 62.6 Å². The standard InChI is InChI=1S/C18H11BrClF3N2O2/c1-27-16-5-2-10(7-13(16)19)6-11(9-24)17(26)25-15-8-12(18(21,22)23)3-4-14(15)20/h2-8H,1H3,(H,25,26). The molecule has 2 aromatic rings. The van der Waals surface area contributed by atoms with Crippen LogP contribution in [0.4, 0.5) is 18.9 Å². The summed E-state index contributed by atoms with van der Waals surface area (Å²) in [7, 11) is 1.49. The van der Waals surface area contributed by atoms with Crippen molar-refractivity contribution in [1.29, 1.82) is 5.26 Å². The first kappa shape index (κ1) is 20.8. The van der Waals surface area contributed by atoms with Crippen LogP contribution in [0.5, 0.6) is 5.75 Å². The Morgan fingerprint density at radius 1 is 1.30 bits per heavy atom. The summed E-state index contributed by atoms with van der Waals surface area (Å²) in [5, 5.41) is 11.4. The molecule has 0 aliphatic heterocycles. The number of rotatable bonds is 4. The topological polar surface area (TPSA) is 62.1 Å². The molecule has 1 N–H and O–H groups in total. The normalized spacial score (nSPS) is 11.7. The zero-order valence-corrected chi connectivity index (χ0v) is 16.0. The Kier molecular flexibility index (Phi) is 6.52. The Morgan fingerprint density at radius 3 is 2.56 bits per heavy atom. The summed E-state index contributed by atoms with van der Waals surface area (Å²) in [6.45, 7) is 0. The van der Waals surface area contributed by atoms with Crippen molar-refractivity contribution in [2.45, 2.75) is 6.18 Å². The molecule has 0 atom stereocenters. The van der Waals surface area contributed by atoms with E-state index in [0.29, 0.717) is 21.9 Å². The van der Waals surface area contributed by atoms with Crippen LogP contribution in [0, 0.1) is 11.3 Å². The Bertz CT molecular complexity index is 953. The highest BCUT2D eigenvalue weighted by Gasteiger charge is 2.31. The third-order valence-electron chi connectivity index (χ3n) is 3.39. The van der Waals surface area contributed by atoms with Gasteiger partial charge in [0.05, 0.1) is 27.9 Å². The predicted molar refractivity (Wildman–Crippen MR) is 99.4 cm³/mol. The molecule has 2 aromatic carbocycles. The predicted octanol–water partition coefficient (Wildman–Crippen LogP) is 5.68. The summed E-state index contributed by atoms with van der Waals surface area (Å²) in [4.78, 5) is 12.3. The third-order valence-corrected chi connectivity index (χ3v) is 4.34. The van der Waals surface area contributed by atoms with Crippen LogP contribution in [0.15, 0.2) is 46.4 Å². The number of alkyl halides is 3. The number of halogens is 5. The van der Waals surface area contributed by atoms with Crippen molar-refractivity contribution in [2.24, 2.45) is 0 Å². The molecule has 0 radical (unpaired) electrons. The van der Waals surface area contributed by atoms with Crippen LogP contribution >= 0.6 is 27.5 Å². The van der Waals surface area contributed by atoms with Gasteiger partial charge in [-0.05, 0) is 57.9 Å². The smallest absolute Gasteiger partial charge is 0.416 e. The number of nitrogens with zero attached hydrogens (tertiary/aromatic N) is 1. The monoisotopic (exact) mass is 458 g/mol. The van der Waals surface area contributed by atoms with Gasteiger partial charge in [0, 0.05) is 0 Å². The molecule has 0 fully saturated rings. The highest BCUT2D eigenvalue weighted by Crippen LogP contribution is 2.34. The minimum atomic E-state index is -4.59. The van der Waals surface area contributed by atoms with E-state index in [1.807, 2.05) is 0 Å². The largest absolute Gasteiger partial charge is 0.496 e. The molecule has 27 heavy (non-hydrogen) atoms. The third kappa shape index (κ3) is 5.25. The molecule has 0 saturated carbocycles. The SMILES string of the molecule is COc1ccc(C=C(C#N)C(=O)Nc2cc(C(F)(F)F)ccc2Cl)cc1Br. The molecule has 2 rings (SSSR count). The van der Waals surface area contributed by atoms with Gasteiger partial charge >= 0.3 is 6.18 Å². The Hall–Kier alpha value is -2.50. The fraction of sp³-hybridized carbons (Fsp3) is 0.111. The number of hydrogen-bond donors (Lipinski definition) is 1. The van der Waals surface area contributed by atoms with Gasteiger partial charge in [-0.1, -0.05) is 17.7 Å². The van der Waals surface area contributed by atoms with Gasteiger partial charge in [0.1, 0.15) is 17.4 Å². The van der Waals surface area contributed by atoms with Gasteiger partial charge in [-0.15, -0.1) is 0 Å². The van der Waals surface area contributed by atoms with Crippen LogP contribution in [-0.2, 0) is 11.0 Å². The second-order valence-electron chi connectivity index (χ2n) is 5.21. The van der Waals surface area contributed by atoms with Crippen molar-refractivity contribution in [3.63, 3.8) is 0 Å². The van der Waals surface area contributed by atoms with E-state index in [1.54, 1.807) is 24.3 Å². The van der Waals surface area contributed by atoms with E-state index in [-0.39, 0.29) is 16.3 Å². The van der Waals surface area contributed by atoms with E-state index in [1.165, 1.54) is 13.2 Å². The van der Waals surface area contributed by atoms with Crippen molar-refractivity contribution in [2.75, 3.05) is 12.4 Å². The summed E-state index contributed by atoms with van der Waals surface area (Å²) in [5.74, 6) is -0.323. The van der Waals surface area contributed by atoms with Crippen molar-refractivity contribution in [1.82, 2.24) is 0 Å². The van der Waals surface area contributed by atoms with Gasteiger partial charge in [0.2, 0.25) is 0 Å². The number of ether oxygens (including phenoxy) is 1. The lowest BCUT2D eigenvalue weighted by atomic mass is 10.1. The van der Waals surface area contributed by atoms with Gasteiger partial charge in [0.25, 0.3) is 5.91 Å². The van der Waals surface area contributed by atoms with E-state index in [4.69, 9.17) is 16.3 Å². The molecule has 0 saturated heterocycles. The molecule has 0 heterocycles.